The van der Waals surface area contributed by atoms with Gasteiger partial charge in [0, 0.05) is 13.0 Å². The van der Waals surface area contributed by atoms with E-state index in [9.17, 15) is 23.2 Å². The molecule has 3 aromatic rings. The zero-order valence-electron chi connectivity index (χ0n) is 19.8. The van der Waals surface area contributed by atoms with Crippen LogP contribution in [0.3, 0.4) is 0 Å². The van der Waals surface area contributed by atoms with Gasteiger partial charge in [-0.05, 0) is 25.0 Å². The Bertz CT molecular complexity index is 1320. The maximum absolute atomic E-state index is 13.5. The van der Waals surface area contributed by atoms with Gasteiger partial charge in [0.15, 0.2) is 23.3 Å². The molecule has 0 atom stereocenters. The van der Waals surface area contributed by atoms with Crippen molar-refractivity contribution in [3.05, 3.63) is 63.5 Å². The van der Waals surface area contributed by atoms with Gasteiger partial charge in [-0.15, -0.1) is 0 Å². The fraction of sp³-hybridized carbons (Fsp3) is 0.375. The number of nitrogens with zero attached hydrogens (tertiary/aromatic N) is 2. The summed E-state index contributed by atoms with van der Waals surface area (Å²) in [6, 6.07) is 2.60. The lowest BCUT2D eigenvalue weighted by Crippen LogP contribution is -2.24. The van der Waals surface area contributed by atoms with Crippen molar-refractivity contribution in [1.29, 1.82) is 0 Å². The van der Waals surface area contributed by atoms with E-state index in [1.807, 2.05) is 0 Å². The highest BCUT2D eigenvalue weighted by molar-refractivity contribution is 6.34. The van der Waals surface area contributed by atoms with Gasteiger partial charge in [-0.3, -0.25) is 19.5 Å². The van der Waals surface area contributed by atoms with Crippen LogP contribution in [0.15, 0.2) is 22.6 Å². The smallest absolute Gasteiger partial charge is 0.309 e. The SMILES string of the molecule is Cc1nc(COC(=O)C2CCCCC2)c(CNC(=O)c2cc(NC(=O)c3cc(F)c(F)cc3Cl)n[nH]2)o1. The van der Waals surface area contributed by atoms with Crippen molar-refractivity contribution < 1.29 is 32.3 Å². The van der Waals surface area contributed by atoms with Gasteiger partial charge in [0.1, 0.15) is 23.8 Å². The van der Waals surface area contributed by atoms with Gasteiger partial charge in [-0.25, -0.2) is 13.8 Å². The van der Waals surface area contributed by atoms with E-state index in [4.69, 9.17) is 20.8 Å². The van der Waals surface area contributed by atoms with Gasteiger partial charge in [0.05, 0.1) is 23.0 Å². The molecule has 1 fully saturated rings. The number of aromatic nitrogens is 3. The third-order valence-corrected chi connectivity index (χ3v) is 6.22. The van der Waals surface area contributed by atoms with Crippen molar-refractivity contribution in [1.82, 2.24) is 20.5 Å². The number of amides is 2. The van der Waals surface area contributed by atoms with Crippen LogP contribution in [-0.4, -0.2) is 33.0 Å². The molecule has 10 nitrogen and oxygen atoms in total. The predicted octanol–water partition coefficient (Wildman–Crippen LogP) is 4.44. The lowest BCUT2D eigenvalue weighted by atomic mass is 9.89. The van der Waals surface area contributed by atoms with Crippen molar-refractivity contribution in [2.45, 2.75) is 52.2 Å². The van der Waals surface area contributed by atoms with E-state index in [0.717, 1.165) is 32.1 Å². The largest absolute Gasteiger partial charge is 0.459 e. The number of hydrogen-bond acceptors (Lipinski definition) is 7. The number of halogens is 3. The summed E-state index contributed by atoms with van der Waals surface area (Å²) >= 11 is 5.81. The summed E-state index contributed by atoms with van der Waals surface area (Å²) < 4.78 is 37.7. The molecule has 4 rings (SSSR count). The molecule has 0 spiro atoms. The van der Waals surface area contributed by atoms with Crippen molar-refractivity contribution in [2.24, 2.45) is 5.92 Å². The van der Waals surface area contributed by atoms with Gasteiger partial charge in [-0.2, -0.15) is 5.10 Å². The van der Waals surface area contributed by atoms with E-state index in [1.165, 1.54) is 6.07 Å². The van der Waals surface area contributed by atoms with Crippen LogP contribution in [-0.2, 0) is 22.7 Å². The molecule has 0 saturated heterocycles. The highest BCUT2D eigenvalue weighted by atomic mass is 35.5. The summed E-state index contributed by atoms with van der Waals surface area (Å²) in [6.45, 7) is 1.53. The minimum Gasteiger partial charge on any atom is -0.459 e. The second-order valence-corrected chi connectivity index (χ2v) is 9.00. The molecule has 2 aromatic heterocycles. The maximum atomic E-state index is 13.5. The Kier molecular flexibility index (Phi) is 8.17. The number of rotatable bonds is 8. The summed E-state index contributed by atoms with van der Waals surface area (Å²) in [5.74, 6) is -3.54. The summed E-state index contributed by atoms with van der Waals surface area (Å²) in [7, 11) is 0. The van der Waals surface area contributed by atoms with E-state index < -0.39 is 23.4 Å². The predicted molar refractivity (Wildman–Crippen MR) is 127 cm³/mol. The topological polar surface area (TPSA) is 139 Å². The Morgan fingerprint density at radius 3 is 2.62 bits per heavy atom. The number of hydrogen-bond donors (Lipinski definition) is 3. The Morgan fingerprint density at radius 1 is 1.14 bits per heavy atom. The monoisotopic (exact) mass is 535 g/mol. The molecule has 1 aromatic carbocycles. The molecule has 37 heavy (non-hydrogen) atoms. The first-order chi connectivity index (χ1) is 17.7. The highest BCUT2D eigenvalue weighted by Gasteiger charge is 2.24. The molecular weight excluding hydrogens is 512 g/mol. The van der Waals surface area contributed by atoms with Crippen LogP contribution >= 0.6 is 11.6 Å². The number of anilines is 1. The summed E-state index contributed by atoms with van der Waals surface area (Å²) in [4.78, 5) is 41.5. The fourth-order valence-electron chi connectivity index (χ4n) is 4.00. The number of benzene rings is 1. The molecular formula is C24H24ClF2N5O5. The van der Waals surface area contributed by atoms with Gasteiger partial charge in [0.2, 0.25) is 0 Å². The summed E-state index contributed by atoms with van der Waals surface area (Å²) in [5, 5.41) is 11.0. The number of aryl methyl sites for hydroxylation is 1. The molecule has 0 bridgehead atoms. The first-order valence-electron chi connectivity index (χ1n) is 11.6. The van der Waals surface area contributed by atoms with Crippen LogP contribution in [0.1, 0.15) is 70.3 Å². The number of aromatic amines is 1. The van der Waals surface area contributed by atoms with Gasteiger partial charge in [-0.1, -0.05) is 30.9 Å². The Hall–Kier alpha value is -3.80. The van der Waals surface area contributed by atoms with Crippen molar-refractivity contribution in [3.8, 4) is 0 Å². The average Bonchev–Trinajstić information content (AvgIpc) is 3.49. The van der Waals surface area contributed by atoms with Crippen LogP contribution in [0.5, 0.6) is 0 Å². The molecule has 0 radical (unpaired) electrons. The van der Waals surface area contributed by atoms with E-state index >= 15 is 0 Å². The Labute approximate surface area is 215 Å². The van der Waals surface area contributed by atoms with Gasteiger partial charge in [0.25, 0.3) is 11.8 Å². The van der Waals surface area contributed by atoms with Crippen LogP contribution in [0.25, 0.3) is 0 Å². The zero-order valence-corrected chi connectivity index (χ0v) is 20.6. The van der Waals surface area contributed by atoms with Crippen LogP contribution < -0.4 is 10.6 Å². The lowest BCUT2D eigenvalue weighted by molar-refractivity contribution is -0.151. The number of H-pyrrole nitrogens is 1. The second kappa shape index (κ2) is 11.5. The third-order valence-electron chi connectivity index (χ3n) is 5.90. The lowest BCUT2D eigenvalue weighted by Gasteiger charge is -2.19. The third kappa shape index (κ3) is 6.50. The molecule has 1 aliphatic carbocycles. The summed E-state index contributed by atoms with van der Waals surface area (Å²) in [6.07, 6.45) is 4.79. The molecule has 2 amide bonds. The van der Waals surface area contributed by atoms with E-state index in [2.05, 4.69) is 25.8 Å². The standard InChI is InChI=1S/C24H24ClF2N5O5/c1-12-29-19(11-36-24(35)13-5-3-2-4-6-13)20(37-12)10-28-23(34)18-9-21(32-31-18)30-22(33)14-7-16(26)17(27)8-15(14)25/h7-9,13H,2-6,10-11H2,1H3,(H,28,34)(H2,30,31,32,33). The minimum atomic E-state index is -1.23. The van der Waals surface area contributed by atoms with Crippen LogP contribution in [0.4, 0.5) is 14.6 Å². The molecule has 13 heteroatoms. The zero-order chi connectivity index (χ0) is 26.5. The number of ether oxygens (including phenoxy) is 1. The molecule has 1 aliphatic rings. The first-order valence-corrected chi connectivity index (χ1v) is 12.0. The summed E-state index contributed by atoms with van der Waals surface area (Å²) in [5.41, 5.74) is 0.114. The van der Waals surface area contributed by atoms with Crippen LogP contribution in [0, 0.1) is 24.5 Å². The highest BCUT2D eigenvalue weighted by Crippen LogP contribution is 2.25. The molecule has 3 N–H and O–H groups in total. The van der Waals surface area contributed by atoms with E-state index in [1.54, 1.807) is 6.92 Å². The maximum Gasteiger partial charge on any atom is 0.309 e. The number of esters is 1. The first kappa shape index (κ1) is 26.3. The Balaban J connectivity index is 1.32. The van der Waals surface area contributed by atoms with E-state index in [0.29, 0.717) is 29.5 Å². The fourth-order valence-corrected chi connectivity index (χ4v) is 4.23. The number of carbonyl (C=O) groups excluding carboxylic acids is 3. The molecule has 2 heterocycles. The molecule has 0 aliphatic heterocycles. The molecule has 1 saturated carbocycles. The number of oxazole rings is 1. The van der Waals surface area contributed by atoms with Gasteiger partial charge < -0.3 is 19.8 Å². The molecule has 0 unspecified atom stereocenters. The Morgan fingerprint density at radius 2 is 1.86 bits per heavy atom. The van der Waals surface area contributed by atoms with Crippen molar-refractivity contribution >= 4 is 35.2 Å². The quantitative estimate of drug-likeness (QED) is 0.286. The normalized spacial score (nSPS) is 13.8. The molecule has 196 valence electrons. The van der Waals surface area contributed by atoms with Crippen molar-refractivity contribution in [2.75, 3.05) is 5.32 Å². The minimum absolute atomic E-state index is 0.00759. The average molecular weight is 536 g/mol. The van der Waals surface area contributed by atoms with Gasteiger partial charge >= 0.3 is 5.97 Å². The second-order valence-electron chi connectivity index (χ2n) is 8.60. The number of carbonyl (C=O) groups is 3. The number of nitrogens with one attached hydrogen (secondary N) is 3. The van der Waals surface area contributed by atoms with E-state index in [-0.39, 0.29) is 47.1 Å². The van der Waals surface area contributed by atoms with Crippen molar-refractivity contribution in [3.63, 3.8) is 0 Å². The van der Waals surface area contributed by atoms with Crippen LogP contribution in [0.2, 0.25) is 5.02 Å².